The summed E-state index contributed by atoms with van der Waals surface area (Å²) in [6.45, 7) is 5.25. The van der Waals surface area contributed by atoms with Gasteiger partial charge in [0, 0.05) is 22.5 Å². The fraction of sp³-hybridized carbons (Fsp3) is 0.0286. The first-order valence-corrected chi connectivity index (χ1v) is 13.2. The van der Waals surface area contributed by atoms with E-state index in [0.717, 1.165) is 45.3 Å². The summed E-state index contributed by atoms with van der Waals surface area (Å²) in [5, 5.41) is 4.17. The molecule has 40 heavy (non-hydrogen) atoms. The lowest BCUT2D eigenvalue weighted by molar-refractivity contribution is 0.432. The molecule has 194 valence electrons. The van der Waals surface area contributed by atoms with Gasteiger partial charge in [0.25, 0.3) is 5.89 Å². The van der Waals surface area contributed by atoms with E-state index < -0.39 is 0 Å². The number of nitrogens with zero attached hydrogens (tertiary/aromatic N) is 4. The summed E-state index contributed by atoms with van der Waals surface area (Å²) in [5.41, 5.74) is 8.47. The van der Waals surface area contributed by atoms with E-state index in [4.69, 9.17) is 4.52 Å². The topological polar surface area (TPSA) is 45.4 Å². The molecule has 0 N–H and O–H groups in total. The number of fused-ring (bicyclic) bond motifs is 2. The number of hydrogen-bond donors (Lipinski definition) is 0. The lowest BCUT2D eigenvalue weighted by Crippen LogP contribution is -2.23. The Morgan fingerprint density at radius 3 is 1.48 bits per heavy atom. The van der Waals surface area contributed by atoms with Crippen LogP contribution in [0.2, 0.25) is 0 Å². The molecule has 5 heteroatoms. The summed E-state index contributed by atoms with van der Waals surface area (Å²) in [4.78, 5) is 9.23. The van der Waals surface area contributed by atoms with Gasteiger partial charge in [-0.15, -0.1) is 6.58 Å². The molecule has 0 saturated carbocycles. The molecule has 1 aliphatic heterocycles. The normalized spacial score (nSPS) is 11.6. The van der Waals surface area contributed by atoms with E-state index in [1.165, 1.54) is 0 Å². The average molecular weight is 521 g/mol. The number of rotatable bonds is 4. The van der Waals surface area contributed by atoms with Gasteiger partial charge in [0.1, 0.15) is 0 Å². The Morgan fingerprint density at radius 2 is 0.975 bits per heavy atom. The molecule has 0 radical (unpaired) electrons. The van der Waals surface area contributed by atoms with Gasteiger partial charge in [-0.25, -0.2) is 0 Å². The van der Waals surface area contributed by atoms with Gasteiger partial charge < -0.3 is 14.3 Å². The average Bonchev–Trinajstić information content (AvgIpc) is 3.52. The van der Waals surface area contributed by atoms with Gasteiger partial charge in [-0.2, -0.15) is 4.98 Å². The van der Waals surface area contributed by atoms with Crippen LogP contribution in [0.1, 0.15) is 6.92 Å². The molecule has 0 unspecified atom stereocenters. The minimum absolute atomic E-state index is 0.500. The first-order chi connectivity index (χ1) is 19.8. The molecule has 0 atom stereocenters. The molecule has 7 rings (SSSR count). The smallest absolute Gasteiger partial charge is 0.258 e. The van der Waals surface area contributed by atoms with Crippen LogP contribution >= 0.6 is 0 Å². The summed E-state index contributed by atoms with van der Waals surface area (Å²) < 4.78 is 5.58. The van der Waals surface area contributed by atoms with Crippen molar-refractivity contribution in [3.63, 3.8) is 0 Å². The number of hydrogen-bond acceptors (Lipinski definition) is 5. The number of para-hydroxylation sites is 5. The van der Waals surface area contributed by atoms with Crippen molar-refractivity contribution in [1.29, 1.82) is 0 Å². The van der Waals surface area contributed by atoms with Crippen molar-refractivity contribution in [2.75, 3.05) is 9.80 Å². The Hall–Kier alpha value is -5.42. The van der Waals surface area contributed by atoms with Crippen LogP contribution in [0.5, 0.6) is 0 Å². The molecule has 0 fully saturated rings. The van der Waals surface area contributed by atoms with Gasteiger partial charge in [-0.1, -0.05) is 84.0 Å². The van der Waals surface area contributed by atoms with Crippen LogP contribution in [0, 0.1) is 0 Å². The highest BCUT2D eigenvalue weighted by Gasteiger charge is 2.29. The Bertz CT molecular complexity index is 1680. The van der Waals surface area contributed by atoms with Crippen LogP contribution in [0.3, 0.4) is 0 Å². The fourth-order valence-corrected chi connectivity index (χ4v) is 4.88. The molecule has 0 spiro atoms. The first kappa shape index (κ1) is 24.9. The lowest BCUT2D eigenvalue weighted by atomic mass is 10.0. The SMILES string of the molecule is C=CC.c1ccc(-c2noc(-c3ccc(N4c5ccccc5N(c5ccccc5)c5ccccc54)cc3)n2)cc1. The number of allylic oxidation sites excluding steroid dienone is 1. The molecule has 1 aromatic heterocycles. The van der Waals surface area contributed by atoms with Crippen LogP contribution in [0.15, 0.2) is 151 Å². The van der Waals surface area contributed by atoms with Crippen molar-refractivity contribution in [2.45, 2.75) is 6.92 Å². The van der Waals surface area contributed by atoms with Crippen molar-refractivity contribution >= 4 is 34.1 Å². The highest BCUT2D eigenvalue weighted by atomic mass is 16.5. The van der Waals surface area contributed by atoms with Crippen LogP contribution in [-0.2, 0) is 0 Å². The fourth-order valence-electron chi connectivity index (χ4n) is 4.88. The van der Waals surface area contributed by atoms with E-state index in [9.17, 15) is 0 Å². The lowest BCUT2D eigenvalue weighted by Gasteiger charge is -2.40. The van der Waals surface area contributed by atoms with Crippen molar-refractivity contribution < 1.29 is 4.52 Å². The highest BCUT2D eigenvalue weighted by molar-refractivity contribution is 6.01. The zero-order valence-electron chi connectivity index (χ0n) is 22.2. The number of benzene rings is 5. The van der Waals surface area contributed by atoms with Gasteiger partial charge in [0.15, 0.2) is 0 Å². The third kappa shape index (κ3) is 4.65. The van der Waals surface area contributed by atoms with E-state index in [2.05, 4.69) is 111 Å². The molecule has 5 nitrogen and oxygen atoms in total. The van der Waals surface area contributed by atoms with Gasteiger partial charge in [0.2, 0.25) is 5.82 Å². The third-order valence-corrected chi connectivity index (χ3v) is 6.57. The summed E-state index contributed by atoms with van der Waals surface area (Å²) >= 11 is 0. The van der Waals surface area contributed by atoms with E-state index >= 15 is 0 Å². The maximum absolute atomic E-state index is 5.58. The summed E-state index contributed by atoms with van der Waals surface area (Å²) in [5.74, 6) is 1.08. The zero-order valence-corrected chi connectivity index (χ0v) is 22.2. The second-order valence-corrected chi connectivity index (χ2v) is 9.23. The Labute approximate surface area is 234 Å². The van der Waals surface area contributed by atoms with E-state index in [1.807, 2.05) is 55.5 Å². The monoisotopic (exact) mass is 520 g/mol. The summed E-state index contributed by atoms with van der Waals surface area (Å²) in [6.07, 6.45) is 1.75. The zero-order chi connectivity index (χ0) is 27.3. The van der Waals surface area contributed by atoms with Gasteiger partial charge in [-0.3, -0.25) is 0 Å². The van der Waals surface area contributed by atoms with Crippen LogP contribution in [-0.4, -0.2) is 10.1 Å². The van der Waals surface area contributed by atoms with Crippen LogP contribution in [0.4, 0.5) is 34.1 Å². The third-order valence-electron chi connectivity index (χ3n) is 6.57. The molecule has 5 aromatic carbocycles. The van der Waals surface area contributed by atoms with Gasteiger partial charge in [0.05, 0.1) is 22.7 Å². The molecule has 0 aliphatic carbocycles. The Balaban J connectivity index is 0.000000925. The van der Waals surface area contributed by atoms with E-state index in [-0.39, 0.29) is 0 Å². The molecular weight excluding hydrogens is 492 g/mol. The molecular formula is C35H28N4O. The highest BCUT2D eigenvalue weighted by Crippen LogP contribution is 2.53. The molecule has 6 aromatic rings. The summed E-state index contributed by atoms with van der Waals surface area (Å²) in [7, 11) is 0. The molecule has 0 bridgehead atoms. The quantitative estimate of drug-likeness (QED) is 0.216. The second kappa shape index (κ2) is 11.1. The predicted molar refractivity (Wildman–Crippen MR) is 164 cm³/mol. The standard InChI is InChI=1S/C32H22N4O.C3H6/c1-3-11-23(12-4-1)31-33-32(37-34-31)24-19-21-26(22-20-24)36-29-17-9-7-15-27(29)35(25-13-5-2-6-14-25)28-16-8-10-18-30(28)36;1-3-2/h1-22H;3H,1H2,2H3. The van der Waals surface area contributed by atoms with Crippen LogP contribution < -0.4 is 9.80 Å². The van der Waals surface area contributed by atoms with Crippen LogP contribution in [0.25, 0.3) is 22.8 Å². The number of anilines is 6. The molecule has 0 amide bonds. The maximum atomic E-state index is 5.58. The van der Waals surface area contributed by atoms with Gasteiger partial charge in [-0.05, 0) is 67.6 Å². The molecule has 0 saturated heterocycles. The number of aromatic nitrogens is 2. The Morgan fingerprint density at radius 1 is 0.550 bits per heavy atom. The van der Waals surface area contributed by atoms with E-state index in [0.29, 0.717) is 11.7 Å². The molecule has 1 aliphatic rings. The van der Waals surface area contributed by atoms with Gasteiger partial charge >= 0.3 is 0 Å². The van der Waals surface area contributed by atoms with E-state index in [1.54, 1.807) is 6.08 Å². The minimum Gasteiger partial charge on any atom is -0.334 e. The maximum Gasteiger partial charge on any atom is 0.258 e. The summed E-state index contributed by atoms with van der Waals surface area (Å²) in [6, 6.07) is 45.6. The Kier molecular flexibility index (Phi) is 6.93. The largest absolute Gasteiger partial charge is 0.334 e. The van der Waals surface area contributed by atoms with Crippen molar-refractivity contribution in [2.24, 2.45) is 0 Å². The molecule has 2 heterocycles. The second-order valence-electron chi connectivity index (χ2n) is 9.23. The van der Waals surface area contributed by atoms with Crippen molar-refractivity contribution in [3.8, 4) is 22.8 Å². The van der Waals surface area contributed by atoms with Crippen molar-refractivity contribution in [1.82, 2.24) is 10.1 Å². The predicted octanol–water partition coefficient (Wildman–Crippen LogP) is 9.85. The minimum atomic E-state index is 0.500. The first-order valence-electron chi connectivity index (χ1n) is 13.2. The van der Waals surface area contributed by atoms with Crippen molar-refractivity contribution in [3.05, 3.63) is 146 Å².